The molecule has 0 saturated heterocycles. The monoisotopic (exact) mass is 447 g/mol. The first-order chi connectivity index (χ1) is 13.4. The van der Waals surface area contributed by atoms with Crippen LogP contribution in [0.5, 0.6) is 0 Å². The number of hydrogen-bond donors (Lipinski definition) is 1. The fraction of sp³-hybridized carbons (Fsp3) is 0.150. The molecule has 1 aromatic heterocycles. The number of anilines is 1. The number of carbonyl (C=O) groups is 1. The molecule has 1 heterocycles. The molecule has 1 amide bonds. The highest BCUT2D eigenvalue weighted by Crippen LogP contribution is 2.20. The zero-order valence-corrected chi connectivity index (χ0v) is 16.5. The van der Waals surface area contributed by atoms with E-state index in [1.165, 1.54) is 36.4 Å². The smallest absolute Gasteiger partial charge is 0.254 e. The topological polar surface area (TPSA) is 64.0 Å². The fourth-order valence-corrected chi connectivity index (χ4v) is 2.99. The SMILES string of the molecule is CCc1cc(=O)n(CC(=O)Nc2ccc(Br)cc2F)c(-c2cccc(F)c2)n1. The van der Waals surface area contributed by atoms with E-state index in [1.807, 2.05) is 6.92 Å². The molecule has 0 unspecified atom stereocenters. The molecule has 0 aliphatic rings. The van der Waals surface area contributed by atoms with Gasteiger partial charge in [0.1, 0.15) is 24.0 Å². The molecule has 0 saturated carbocycles. The van der Waals surface area contributed by atoms with Crippen LogP contribution >= 0.6 is 15.9 Å². The maximum absolute atomic E-state index is 13.9. The summed E-state index contributed by atoms with van der Waals surface area (Å²) in [6.07, 6.45) is 0.509. The zero-order chi connectivity index (χ0) is 20.3. The van der Waals surface area contributed by atoms with E-state index in [9.17, 15) is 18.4 Å². The number of rotatable bonds is 5. The Morgan fingerprint density at radius 3 is 2.64 bits per heavy atom. The van der Waals surface area contributed by atoms with Gasteiger partial charge >= 0.3 is 0 Å². The fourth-order valence-electron chi connectivity index (χ4n) is 2.66. The average molecular weight is 448 g/mol. The third kappa shape index (κ3) is 4.51. The molecule has 0 fully saturated rings. The second kappa shape index (κ2) is 8.43. The van der Waals surface area contributed by atoms with E-state index in [2.05, 4.69) is 26.2 Å². The number of benzene rings is 2. The van der Waals surface area contributed by atoms with Crippen LogP contribution in [0.3, 0.4) is 0 Å². The van der Waals surface area contributed by atoms with Crippen molar-refractivity contribution in [3.8, 4) is 11.4 Å². The Hall–Kier alpha value is -2.87. The molecule has 3 rings (SSSR count). The van der Waals surface area contributed by atoms with E-state index < -0.39 is 29.6 Å². The van der Waals surface area contributed by atoms with Crippen molar-refractivity contribution in [3.05, 3.63) is 80.7 Å². The molecule has 0 bridgehead atoms. The number of hydrogen-bond acceptors (Lipinski definition) is 3. The summed E-state index contributed by atoms with van der Waals surface area (Å²) in [7, 11) is 0. The van der Waals surface area contributed by atoms with Gasteiger partial charge in [-0.15, -0.1) is 0 Å². The van der Waals surface area contributed by atoms with Crippen LogP contribution in [0, 0.1) is 11.6 Å². The van der Waals surface area contributed by atoms with Crippen LogP contribution in [0.4, 0.5) is 14.5 Å². The molecule has 144 valence electrons. The molecule has 3 aromatic rings. The van der Waals surface area contributed by atoms with Gasteiger partial charge in [-0.3, -0.25) is 14.2 Å². The Kier molecular flexibility index (Phi) is 5.99. The lowest BCUT2D eigenvalue weighted by Crippen LogP contribution is -2.30. The summed E-state index contributed by atoms with van der Waals surface area (Å²) in [5, 5.41) is 2.44. The lowest BCUT2D eigenvalue weighted by atomic mass is 10.2. The summed E-state index contributed by atoms with van der Waals surface area (Å²) < 4.78 is 29.3. The standard InChI is InChI=1S/C20H16BrF2N3O2/c1-2-15-10-19(28)26(20(24-15)12-4-3-5-14(22)8-12)11-18(27)25-17-7-6-13(21)9-16(17)23/h3-10H,2,11H2,1H3,(H,25,27). The van der Waals surface area contributed by atoms with Gasteiger partial charge in [0.2, 0.25) is 5.91 Å². The van der Waals surface area contributed by atoms with E-state index in [0.717, 1.165) is 4.57 Å². The van der Waals surface area contributed by atoms with E-state index in [1.54, 1.807) is 12.1 Å². The van der Waals surface area contributed by atoms with Crippen LogP contribution in [-0.4, -0.2) is 15.5 Å². The average Bonchev–Trinajstić information content (AvgIpc) is 2.65. The molecule has 0 radical (unpaired) electrons. The summed E-state index contributed by atoms with van der Waals surface area (Å²) in [4.78, 5) is 29.4. The summed E-state index contributed by atoms with van der Waals surface area (Å²) in [6, 6.07) is 11.2. The number of aromatic nitrogens is 2. The Morgan fingerprint density at radius 2 is 1.96 bits per heavy atom. The summed E-state index contributed by atoms with van der Waals surface area (Å²) >= 11 is 3.14. The first-order valence-corrected chi connectivity index (χ1v) is 9.28. The van der Waals surface area contributed by atoms with Crippen LogP contribution in [0.2, 0.25) is 0 Å². The van der Waals surface area contributed by atoms with Gasteiger partial charge in [0, 0.05) is 21.8 Å². The van der Waals surface area contributed by atoms with Crippen molar-refractivity contribution in [2.45, 2.75) is 19.9 Å². The van der Waals surface area contributed by atoms with Crippen molar-refractivity contribution in [3.63, 3.8) is 0 Å². The van der Waals surface area contributed by atoms with Gasteiger partial charge in [-0.05, 0) is 36.8 Å². The van der Waals surface area contributed by atoms with Gasteiger partial charge in [-0.1, -0.05) is 35.0 Å². The maximum Gasteiger partial charge on any atom is 0.254 e. The molecule has 0 atom stereocenters. The van der Waals surface area contributed by atoms with Gasteiger partial charge in [0.25, 0.3) is 5.56 Å². The zero-order valence-electron chi connectivity index (χ0n) is 14.9. The normalized spacial score (nSPS) is 10.7. The first-order valence-electron chi connectivity index (χ1n) is 8.49. The predicted molar refractivity (Wildman–Crippen MR) is 106 cm³/mol. The van der Waals surface area contributed by atoms with Crippen LogP contribution in [0.15, 0.2) is 57.8 Å². The number of nitrogens with zero attached hydrogens (tertiary/aromatic N) is 2. The summed E-state index contributed by atoms with van der Waals surface area (Å²) in [6.45, 7) is 1.45. The van der Waals surface area contributed by atoms with Crippen LogP contribution in [0.1, 0.15) is 12.6 Å². The molecule has 0 aliphatic carbocycles. The van der Waals surface area contributed by atoms with Gasteiger partial charge in [-0.25, -0.2) is 13.8 Å². The van der Waals surface area contributed by atoms with Crippen molar-refractivity contribution in [1.29, 1.82) is 0 Å². The third-order valence-corrected chi connectivity index (χ3v) is 4.51. The molecule has 5 nitrogen and oxygen atoms in total. The van der Waals surface area contributed by atoms with Gasteiger partial charge in [-0.2, -0.15) is 0 Å². The minimum absolute atomic E-state index is 0.00769. The van der Waals surface area contributed by atoms with E-state index in [4.69, 9.17) is 0 Å². The highest BCUT2D eigenvalue weighted by Gasteiger charge is 2.15. The first kappa shape index (κ1) is 19.9. The van der Waals surface area contributed by atoms with Crippen molar-refractivity contribution < 1.29 is 13.6 Å². The number of halogens is 3. The third-order valence-electron chi connectivity index (χ3n) is 4.01. The van der Waals surface area contributed by atoms with E-state index >= 15 is 0 Å². The van der Waals surface area contributed by atoms with Crippen LogP contribution in [0.25, 0.3) is 11.4 Å². The van der Waals surface area contributed by atoms with Gasteiger partial charge in [0.05, 0.1) is 5.69 Å². The van der Waals surface area contributed by atoms with Crippen LogP contribution < -0.4 is 10.9 Å². The Balaban J connectivity index is 1.96. The highest BCUT2D eigenvalue weighted by molar-refractivity contribution is 9.10. The maximum atomic E-state index is 13.9. The molecular formula is C20H16BrF2N3O2. The summed E-state index contributed by atoms with van der Waals surface area (Å²) in [5.74, 6) is -1.52. The van der Waals surface area contributed by atoms with Gasteiger partial charge in [0.15, 0.2) is 0 Å². The van der Waals surface area contributed by atoms with E-state index in [0.29, 0.717) is 22.2 Å². The number of nitrogens with one attached hydrogen (secondary N) is 1. The Labute approximate surface area is 168 Å². The second-order valence-electron chi connectivity index (χ2n) is 6.03. The van der Waals surface area contributed by atoms with Crippen molar-refractivity contribution >= 4 is 27.5 Å². The molecule has 28 heavy (non-hydrogen) atoms. The Bertz CT molecular complexity index is 1100. The molecule has 1 N–H and O–H groups in total. The lowest BCUT2D eigenvalue weighted by molar-refractivity contribution is -0.116. The lowest BCUT2D eigenvalue weighted by Gasteiger charge is -2.14. The molecule has 0 spiro atoms. The van der Waals surface area contributed by atoms with Crippen molar-refractivity contribution in [2.24, 2.45) is 0 Å². The van der Waals surface area contributed by atoms with Gasteiger partial charge < -0.3 is 5.32 Å². The Morgan fingerprint density at radius 1 is 1.18 bits per heavy atom. The van der Waals surface area contributed by atoms with E-state index in [-0.39, 0.29) is 11.5 Å². The minimum atomic E-state index is -0.611. The number of aryl methyl sites for hydroxylation is 1. The molecule has 0 aliphatic heterocycles. The number of amides is 1. The van der Waals surface area contributed by atoms with Crippen LogP contribution in [-0.2, 0) is 17.8 Å². The quantitative estimate of drug-likeness (QED) is 0.638. The predicted octanol–water partition coefficient (Wildman–Crippen LogP) is 4.15. The summed E-state index contributed by atoms with van der Waals surface area (Å²) in [5.41, 5.74) is 0.444. The number of carbonyl (C=O) groups excluding carboxylic acids is 1. The second-order valence-corrected chi connectivity index (χ2v) is 6.95. The largest absolute Gasteiger partial charge is 0.322 e. The molecular weight excluding hydrogens is 432 g/mol. The molecule has 2 aromatic carbocycles. The highest BCUT2D eigenvalue weighted by atomic mass is 79.9. The van der Waals surface area contributed by atoms with Crippen molar-refractivity contribution in [2.75, 3.05) is 5.32 Å². The minimum Gasteiger partial charge on any atom is -0.322 e. The van der Waals surface area contributed by atoms with Crippen molar-refractivity contribution in [1.82, 2.24) is 9.55 Å². The molecule has 8 heteroatoms.